The van der Waals surface area contributed by atoms with Gasteiger partial charge in [0.25, 0.3) is 0 Å². The number of carboxylic acid groups (broad SMARTS) is 1. The Bertz CT molecular complexity index is 208. The molecule has 0 atom stereocenters. The van der Waals surface area contributed by atoms with E-state index in [2.05, 4.69) is 0 Å². The van der Waals surface area contributed by atoms with Gasteiger partial charge in [-0.1, -0.05) is 30.3 Å². The molecule has 0 saturated heterocycles. The van der Waals surface area contributed by atoms with E-state index in [0.717, 1.165) is 0 Å². The minimum atomic E-state index is -1.13. The fourth-order valence-electron chi connectivity index (χ4n) is 0.574. The van der Waals surface area contributed by atoms with Gasteiger partial charge in [-0.25, -0.2) is 0 Å². The predicted octanol–water partition coefficient (Wildman–Crippen LogP) is -0.331. The predicted molar refractivity (Wildman–Crippen MR) is 36.5 cm³/mol. The maximum absolute atomic E-state index is 10.1. The number of carbonyl (C=O) groups is 1. The summed E-state index contributed by atoms with van der Waals surface area (Å²) in [5, 5.41) is 10.1. The third kappa shape index (κ3) is 2.22. The van der Waals surface area contributed by atoms with Gasteiger partial charge in [0.05, 0.1) is 5.97 Å². The van der Waals surface area contributed by atoms with Gasteiger partial charge in [0.15, 0.2) is 0 Å². The van der Waals surface area contributed by atoms with Crippen LogP contribution in [0.25, 0.3) is 0 Å². The molecule has 0 unspecified atom stereocenters. The smallest absolute Gasteiger partial charge is 0.545 e. The number of carbonyl (C=O) groups excluding carboxylic acids is 1. The SMILES string of the molecule is O=C([O-])c1ccccc1.[Al+3]. The summed E-state index contributed by atoms with van der Waals surface area (Å²) in [5.74, 6) is -1.13. The van der Waals surface area contributed by atoms with Gasteiger partial charge in [-0.2, -0.15) is 0 Å². The number of carboxylic acids is 1. The first-order valence-corrected chi connectivity index (χ1v) is 2.57. The van der Waals surface area contributed by atoms with Crippen LogP contribution in [0.4, 0.5) is 0 Å². The Morgan fingerprint density at radius 3 is 2.00 bits per heavy atom. The van der Waals surface area contributed by atoms with Crippen LogP contribution in [0, 0.1) is 0 Å². The molecule has 0 heterocycles. The molecule has 0 aliphatic rings. The van der Waals surface area contributed by atoms with Gasteiger partial charge in [0, 0.05) is 0 Å². The van der Waals surface area contributed by atoms with Crippen LogP contribution in [0.1, 0.15) is 10.4 Å². The van der Waals surface area contributed by atoms with Crippen molar-refractivity contribution in [1.82, 2.24) is 0 Å². The van der Waals surface area contributed by atoms with E-state index in [9.17, 15) is 9.90 Å². The third-order valence-electron chi connectivity index (χ3n) is 1.01. The molecule has 3 heteroatoms. The Labute approximate surface area is 69.6 Å². The third-order valence-corrected chi connectivity index (χ3v) is 1.01. The summed E-state index contributed by atoms with van der Waals surface area (Å²) in [6.45, 7) is 0. The van der Waals surface area contributed by atoms with Crippen molar-refractivity contribution in [3.8, 4) is 0 Å². The van der Waals surface area contributed by atoms with Crippen LogP contribution in [-0.4, -0.2) is 23.3 Å². The molecule has 0 amide bonds. The Hall–Kier alpha value is -0.778. The van der Waals surface area contributed by atoms with Gasteiger partial charge in [-0.3, -0.25) is 0 Å². The van der Waals surface area contributed by atoms with Gasteiger partial charge < -0.3 is 9.90 Å². The Balaban J connectivity index is 0.000000810. The second kappa shape index (κ2) is 4.10. The molecular weight excluding hydrogens is 143 g/mol. The number of hydrogen-bond acceptors (Lipinski definition) is 2. The van der Waals surface area contributed by atoms with Crippen LogP contribution in [0.3, 0.4) is 0 Å². The molecule has 0 aromatic heterocycles. The first-order chi connectivity index (χ1) is 4.30. The fraction of sp³-hybridized carbons (Fsp3) is 0. The van der Waals surface area contributed by atoms with Crippen LogP contribution in [0.15, 0.2) is 30.3 Å². The van der Waals surface area contributed by atoms with E-state index in [1.807, 2.05) is 0 Å². The van der Waals surface area contributed by atoms with Crippen LogP contribution in [0.2, 0.25) is 0 Å². The molecule has 1 rings (SSSR count). The molecule has 10 heavy (non-hydrogen) atoms. The number of aromatic carboxylic acids is 1. The van der Waals surface area contributed by atoms with Crippen molar-refractivity contribution < 1.29 is 9.90 Å². The zero-order chi connectivity index (χ0) is 6.69. The Morgan fingerprint density at radius 2 is 1.70 bits per heavy atom. The standard InChI is InChI=1S/C7H6O2.Al/c8-7(9)6-4-2-1-3-5-6;/h1-5H,(H,8,9);/q;+3/p-1. The van der Waals surface area contributed by atoms with E-state index < -0.39 is 5.97 Å². The van der Waals surface area contributed by atoms with E-state index >= 15 is 0 Å². The number of rotatable bonds is 1. The molecule has 46 valence electrons. The first kappa shape index (κ1) is 9.22. The van der Waals surface area contributed by atoms with E-state index in [1.165, 1.54) is 12.1 Å². The monoisotopic (exact) mass is 148 g/mol. The molecule has 0 N–H and O–H groups in total. The minimum absolute atomic E-state index is 0. The van der Waals surface area contributed by atoms with Crippen molar-refractivity contribution in [2.24, 2.45) is 0 Å². The van der Waals surface area contributed by atoms with E-state index in [-0.39, 0.29) is 22.9 Å². The first-order valence-electron chi connectivity index (χ1n) is 2.57. The van der Waals surface area contributed by atoms with Gasteiger partial charge in [0.2, 0.25) is 0 Å². The van der Waals surface area contributed by atoms with Crippen LogP contribution in [-0.2, 0) is 0 Å². The van der Waals surface area contributed by atoms with Crippen LogP contribution in [0.5, 0.6) is 0 Å². The maximum Gasteiger partial charge on any atom is 3.00 e. The van der Waals surface area contributed by atoms with Crippen molar-refractivity contribution in [3.63, 3.8) is 0 Å². The summed E-state index contributed by atoms with van der Waals surface area (Å²) >= 11 is 0. The molecule has 0 spiro atoms. The van der Waals surface area contributed by atoms with Gasteiger partial charge in [0.1, 0.15) is 0 Å². The van der Waals surface area contributed by atoms with Crippen molar-refractivity contribution in [2.45, 2.75) is 0 Å². The summed E-state index contributed by atoms with van der Waals surface area (Å²) in [6, 6.07) is 8.06. The molecule has 0 aliphatic heterocycles. The molecule has 1 aromatic carbocycles. The summed E-state index contributed by atoms with van der Waals surface area (Å²) < 4.78 is 0. The molecule has 0 bridgehead atoms. The van der Waals surface area contributed by atoms with Gasteiger partial charge >= 0.3 is 17.4 Å². The van der Waals surface area contributed by atoms with E-state index in [0.29, 0.717) is 0 Å². The summed E-state index contributed by atoms with van der Waals surface area (Å²) in [5.41, 5.74) is 0.220. The molecule has 0 fully saturated rings. The molecule has 0 saturated carbocycles. The van der Waals surface area contributed by atoms with Gasteiger partial charge in [-0.05, 0) is 5.56 Å². The summed E-state index contributed by atoms with van der Waals surface area (Å²) in [7, 11) is 0. The Morgan fingerprint density at radius 1 is 1.20 bits per heavy atom. The second-order valence-electron chi connectivity index (χ2n) is 1.65. The largest absolute Gasteiger partial charge is 3.00 e. The van der Waals surface area contributed by atoms with E-state index in [1.54, 1.807) is 18.2 Å². The molecular formula is C7H5AlO2+2. The van der Waals surface area contributed by atoms with Gasteiger partial charge in [-0.15, -0.1) is 0 Å². The molecule has 1 aromatic rings. The molecule has 0 aliphatic carbocycles. The fourth-order valence-corrected chi connectivity index (χ4v) is 0.574. The number of benzene rings is 1. The minimum Gasteiger partial charge on any atom is -0.545 e. The zero-order valence-corrected chi connectivity index (χ0v) is 6.44. The van der Waals surface area contributed by atoms with Crippen molar-refractivity contribution in [1.29, 1.82) is 0 Å². The average Bonchev–Trinajstić information content (AvgIpc) is 1.90. The summed E-state index contributed by atoms with van der Waals surface area (Å²) in [4.78, 5) is 10.1. The quantitative estimate of drug-likeness (QED) is 0.511. The van der Waals surface area contributed by atoms with Crippen LogP contribution >= 0.6 is 0 Å². The molecule has 0 radical (unpaired) electrons. The Kier molecular flexibility index (Phi) is 3.79. The van der Waals surface area contributed by atoms with Crippen LogP contribution < -0.4 is 5.11 Å². The summed E-state index contributed by atoms with van der Waals surface area (Å²) in [6.07, 6.45) is 0. The number of hydrogen-bond donors (Lipinski definition) is 0. The second-order valence-corrected chi connectivity index (χ2v) is 1.65. The van der Waals surface area contributed by atoms with E-state index in [4.69, 9.17) is 0 Å². The zero-order valence-electron chi connectivity index (χ0n) is 5.28. The molecule has 2 nitrogen and oxygen atoms in total. The maximum atomic E-state index is 10.1. The van der Waals surface area contributed by atoms with Crippen molar-refractivity contribution in [2.75, 3.05) is 0 Å². The normalized spacial score (nSPS) is 8.00. The van der Waals surface area contributed by atoms with Crippen molar-refractivity contribution in [3.05, 3.63) is 35.9 Å². The van der Waals surface area contributed by atoms with Crippen molar-refractivity contribution >= 4 is 23.3 Å². The average molecular weight is 148 g/mol. The topological polar surface area (TPSA) is 40.1 Å².